The van der Waals surface area contributed by atoms with E-state index in [-0.39, 0.29) is 30.8 Å². The van der Waals surface area contributed by atoms with Crippen molar-refractivity contribution in [2.24, 2.45) is 0 Å². The van der Waals surface area contributed by atoms with E-state index < -0.39 is 10.0 Å². The summed E-state index contributed by atoms with van der Waals surface area (Å²) in [5.41, 5.74) is 0. The Labute approximate surface area is 150 Å². The first-order valence-electron chi connectivity index (χ1n) is 7.98. The molecule has 3 heterocycles. The Morgan fingerprint density at radius 3 is 2.40 bits per heavy atom. The first-order chi connectivity index (χ1) is 11.8. The number of sulfonamides is 1. The lowest BCUT2D eigenvalue weighted by atomic mass is 10.2. The van der Waals surface area contributed by atoms with Gasteiger partial charge in [0.2, 0.25) is 5.89 Å². The van der Waals surface area contributed by atoms with Gasteiger partial charge in [-0.25, -0.2) is 8.42 Å². The van der Waals surface area contributed by atoms with Crippen LogP contribution in [0.1, 0.15) is 41.2 Å². The van der Waals surface area contributed by atoms with E-state index in [1.807, 2.05) is 20.8 Å². The van der Waals surface area contributed by atoms with Crippen molar-refractivity contribution in [1.82, 2.24) is 19.4 Å². The third-order valence-electron chi connectivity index (χ3n) is 3.95. The molecule has 1 saturated heterocycles. The molecule has 8 nitrogen and oxygen atoms in total. The summed E-state index contributed by atoms with van der Waals surface area (Å²) in [4.78, 5) is 14.9. The highest BCUT2D eigenvalue weighted by molar-refractivity contribution is 7.91. The molecule has 1 amide bonds. The van der Waals surface area contributed by atoms with Gasteiger partial charge in [0.1, 0.15) is 4.21 Å². The van der Waals surface area contributed by atoms with Crippen LogP contribution in [-0.2, 0) is 10.0 Å². The number of aromatic nitrogens is 2. The lowest BCUT2D eigenvalue weighted by Gasteiger charge is -2.32. The molecule has 0 unspecified atom stereocenters. The van der Waals surface area contributed by atoms with Crippen molar-refractivity contribution in [2.75, 3.05) is 26.2 Å². The first kappa shape index (κ1) is 18.0. The minimum Gasteiger partial charge on any atom is -0.417 e. The van der Waals surface area contributed by atoms with Crippen LogP contribution in [0.15, 0.2) is 20.8 Å². The standard InChI is InChI=1S/C15H20N4O4S2/c1-10(2)13-16-17-14(23-13)15(20)18-6-8-19(9-7-18)25(21,22)12-5-4-11(3)24-12/h4-5,10H,6-9H2,1-3H3. The van der Waals surface area contributed by atoms with Crippen molar-refractivity contribution in [3.8, 4) is 0 Å². The van der Waals surface area contributed by atoms with Gasteiger partial charge in [-0.3, -0.25) is 4.79 Å². The van der Waals surface area contributed by atoms with Crippen LogP contribution in [-0.4, -0.2) is 59.9 Å². The van der Waals surface area contributed by atoms with E-state index in [9.17, 15) is 13.2 Å². The molecule has 2 aromatic heterocycles. The van der Waals surface area contributed by atoms with Gasteiger partial charge in [0.15, 0.2) is 0 Å². The maximum absolute atomic E-state index is 12.6. The van der Waals surface area contributed by atoms with Crippen LogP contribution in [0.25, 0.3) is 0 Å². The fraction of sp³-hybridized carbons (Fsp3) is 0.533. The molecule has 0 atom stereocenters. The molecule has 2 aromatic rings. The normalized spacial score (nSPS) is 16.6. The van der Waals surface area contributed by atoms with Crippen molar-refractivity contribution in [1.29, 1.82) is 0 Å². The molecule has 1 aliphatic rings. The van der Waals surface area contributed by atoms with Crippen molar-refractivity contribution in [3.63, 3.8) is 0 Å². The number of carbonyl (C=O) groups excluding carboxylic acids is 1. The SMILES string of the molecule is Cc1ccc(S(=O)(=O)N2CCN(C(=O)c3nnc(C(C)C)o3)CC2)s1. The Morgan fingerprint density at radius 2 is 1.88 bits per heavy atom. The third kappa shape index (κ3) is 3.60. The molecule has 0 aliphatic carbocycles. The van der Waals surface area contributed by atoms with E-state index in [4.69, 9.17) is 4.42 Å². The predicted molar refractivity (Wildman–Crippen MR) is 92.1 cm³/mol. The summed E-state index contributed by atoms with van der Waals surface area (Å²) in [6.07, 6.45) is 0. The van der Waals surface area contributed by atoms with Gasteiger partial charge in [-0.05, 0) is 19.1 Å². The zero-order valence-corrected chi connectivity index (χ0v) is 15.9. The van der Waals surface area contributed by atoms with Crippen molar-refractivity contribution < 1.29 is 17.6 Å². The van der Waals surface area contributed by atoms with Crippen molar-refractivity contribution in [2.45, 2.75) is 30.9 Å². The molecule has 0 spiro atoms. The molecule has 136 valence electrons. The Hall–Kier alpha value is -1.78. The Bertz CT molecular complexity index is 864. The molecule has 1 aliphatic heterocycles. The maximum atomic E-state index is 12.6. The van der Waals surface area contributed by atoms with Crippen LogP contribution in [0.2, 0.25) is 0 Å². The summed E-state index contributed by atoms with van der Waals surface area (Å²) < 4.78 is 32.4. The van der Waals surface area contributed by atoms with Gasteiger partial charge in [0.05, 0.1) is 0 Å². The lowest BCUT2D eigenvalue weighted by Crippen LogP contribution is -2.50. The molecule has 0 aromatic carbocycles. The second kappa shape index (κ2) is 6.85. The number of carbonyl (C=O) groups is 1. The van der Waals surface area contributed by atoms with Gasteiger partial charge in [-0.1, -0.05) is 13.8 Å². The van der Waals surface area contributed by atoms with E-state index in [2.05, 4.69) is 10.2 Å². The quantitative estimate of drug-likeness (QED) is 0.796. The van der Waals surface area contributed by atoms with Crippen LogP contribution in [0.5, 0.6) is 0 Å². The lowest BCUT2D eigenvalue weighted by molar-refractivity contribution is 0.0655. The highest BCUT2D eigenvalue weighted by Gasteiger charge is 2.32. The second-order valence-corrected chi connectivity index (χ2v) is 9.61. The molecule has 0 saturated carbocycles. The number of aryl methyl sites for hydroxylation is 1. The molecule has 0 N–H and O–H groups in total. The number of rotatable bonds is 4. The average Bonchev–Trinajstić information content (AvgIpc) is 3.23. The van der Waals surface area contributed by atoms with E-state index in [0.29, 0.717) is 23.2 Å². The first-order valence-corrected chi connectivity index (χ1v) is 10.2. The molecule has 25 heavy (non-hydrogen) atoms. The fourth-order valence-corrected chi connectivity index (χ4v) is 5.36. The summed E-state index contributed by atoms with van der Waals surface area (Å²) >= 11 is 1.25. The van der Waals surface area contributed by atoms with Gasteiger partial charge in [-0.15, -0.1) is 21.5 Å². The number of thiophene rings is 1. The van der Waals surface area contributed by atoms with Gasteiger partial charge in [0.25, 0.3) is 10.0 Å². The van der Waals surface area contributed by atoms with Crippen LogP contribution in [0.4, 0.5) is 0 Å². The minimum atomic E-state index is -3.50. The summed E-state index contributed by atoms with van der Waals surface area (Å²) in [5.74, 6) is 0.0558. The fourth-order valence-electron chi connectivity index (χ4n) is 2.50. The molecule has 0 radical (unpaired) electrons. The summed E-state index contributed by atoms with van der Waals surface area (Å²) in [6.45, 7) is 6.75. The molecule has 3 rings (SSSR count). The topological polar surface area (TPSA) is 96.6 Å². The second-order valence-electron chi connectivity index (χ2n) is 6.16. The maximum Gasteiger partial charge on any atom is 0.311 e. The van der Waals surface area contributed by atoms with E-state index in [1.165, 1.54) is 15.6 Å². The highest BCUT2D eigenvalue weighted by atomic mass is 32.2. The molecular formula is C15H20N4O4S2. The van der Waals surface area contributed by atoms with E-state index in [1.54, 1.807) is 17.0 Å². The van der Waals surface area contributed by atoms with Gasteiger partial charge in [0, 0.05) is 37.0 Å². The van der Waals surface area contributed by atoms with E-state index in [0.717, 1.165) is 4.88 Å². The molecule has 0 bridgehead atoms. The van der Waals surface area contributed by atoms with Crippen LogP contribution >= 0.6 is 11.3 Å². The predicted octanol–water partition coefficient (Wildman–Crippen LogP) is 1.71. The molecular weight excluding hydrogens is 364 g/mol. The smallest absolute Gasteiger partial charge is 0.311 e. The van der Waals surface area contributed by atoms with Crippen LogP contribution in [0, 0.1) is 6.92 Å². The Kier molecular flexibility index (Phi) is 4.94. The van der Waals surface area contributed by atoms with E-state index >= 15 is 0 Å². The molecule has 1 fully saturated rings. The van der Waals surface area contributed by atoms with Crippen molar-refractivity contribution >= 4 is 27.3 Å². The Balaban J connectivity index is 1.66. The van der Waals surface area contributed by atoms with Gasteiger partial charge < -0.3 is 9.32 Å². The Morgan fingerprint density at radius 1 is 1.20 bits per heavy atom. The minimum absolute atomic E-state index is 0.0466. The van der Waals surface area contributed by atoms with Crippen molar-refractivity contribution in [3.05, 3.63) is 28.8 Å². The zero-order chi connectivity index (χ0) is 18.2. The largest absolute Gasteiger partial charge is 0.417 e. The number of amides is 1. The van der Waals surface area contributed by atoms with Gasteiger partial charge >= 0.3 is 11.8 Å². The monoisotopic (exact) mass is 384 g/mol. The summed E-state index contributed by atoms with van der Waals surface area (Å²) in [5, 5.41) is 7.65. The molecule has 10 heteroatoms. The number of piperazine rings is 1. The zero-order valence-electron chi connectivity index (χ0n) is 14.3. The number of hydrogen-bond donors (Lipinski definition) is 0. The highest BCUT2D eigenvalue weighted by Crippen LogP contribution is 2.25. The average molecular weight is 384 g/mol. The number of nitrogens with zero attached hydrogens (tertiary/aromatic N) is 4. The van der Waals surface area contributed by atoms with Gasteiger partial charge in [-0.2, -0.15) is 4.31 Å². The number of hydrogen-bond acceptors (Lipinski definition) is 7. The third-order valence-corrected chi connectivity index (χ3v) is 7.32. The summed E-state index contributed by atoms with van der Waals surface area (Å²) in [6, 6.07) is 3.41. The summed E-state index contributed by atoms with van der Waals surface area (Å²) in [7, 11) is -3.50. The van der Waals surface area contributed by atoms with Crippen LogP contribution in [0.3, 0.4) is 0 Å². The van der Waals surface area contributed by atoms with Crippen LogP contribution < -0.4 is 0 Å².